The summed E-state index contributed by atoms with van der Waals surface area (Å²) >= 11 is 0. The van der Waals surface area contributed by atoms with Gasteiger partial charge in [-0.25, -0.2) is 4.39 Å². The molecule has 2 bridgehead atoms. The SMILES string of the molecule is Fc1ccc2c(c1)c1c(n2-c2cccnc2)C2CCN(CC2)C1. The van der Waals surface area contributed by atoms with E-state index in [0.29, 0.717) is 5.92 Å². The number of pyridine rings is 1. The molecular formula is C19H18FN3. The molecule has 5 heterocycles. The highest BCUT2D eigenvalue weighted by Gasteiger charge is 2.33. The summed E-state index contributed by atoms with van der Waals surface area (Å²) in [6.07, 6.45) is 6.07. The van der Waals surface area contributed by atoms with Crippen LogP contribution in [-0.2, 0) is 6.54 Å². The molecule has 3 aliphatic rings. The Balaban J connectivity index is 1.88. The van der Waals surface area contributed by atoms with Gasteiger partial charge >= 0.3 is 0 Å². The van der Waals surface area contributed by atoms with E-state index >= 15 is 0 Å². The van der Waals surface area contributed by atoms with E-state index in [1.807, 2.05) is 18.3 Å². The van der Waals surface area contributed by atoms with Crippen LogP contribution >= 0.6 is 0 Å². The van der Waals surface area contributed by atoms with Crippen LogP contribution in [0.5, 0.6) is 0 Å². The molecule has 0 radical (unpaired) electrons. The second-order valence-electron chi connectivity index (χ2n) is 6.62. The lowest BCUT2D eigenvalue weighted by molar-refractivity contribution is 0.220. The summed E-state index contributed by atoms with van der Waals surface area (Å²) in [5.41, 5.74) is 4.85. The molecule has 1 fully saturated rings. The van der Waals surface area contributed by atoms with Crippen LogP contribution in [0.15, 0.2) is 42.7 Å². The molecule has 0 aliphatic carbocycles. The van der Waals surface area contributed by atoms with Gasteiger partial charge in [0.2, 0.25) is 0 Å². The fourth-order valence-electron chi connectivity index (χ4n) is 4.30. The van der Waals surface area contributed by atoms with Crippen LogP contribution in [0.25, 0.3) is 16.6 Å². The zero-order chi connectivity index (χ0) is 15.4. The minimum Gasteiger partial charge on any atom is -0.311 e. The fourth-order valence-corrected chi connectivity index (χ4v) is 4.30. The van der Waals surface area contributed by atoms with E-state index in [9.17, 15) is 4.39 Å². The van der Waals surface area contributed by atoms with Crippen LogP contribution < -0.4 is 0 Å². The van der Waals surface area contributed by atoms with Crippen molar-refractivity contribution in [2.75, 3.05) is 13.1 Å². The number of piperidine rings is 1. The molecule has 0 unspecified atom stereocenters. The zero-order valence-electron chi connectivity index (χ0n) is 12.9. The number of halogens is 1. The van der Waals surface area contributed by atoms with Crippen molar-refractivity contribution in [1.82, 2.24) is 14.5 Å². The number of rotatable bonds is 1. The monoisotopic (exact) mass is 307 g/mol. The highest BCUT2D eigenvalue weighted by atomic mass is 19.1. The smallest absolute Gasteiger partial charge is 0.123 e. The summed E-state index contributed by atoms with van der Waals surface area (Å²) in [5.74, 6) is 0.398. The second-order valence-corrected chi connectivity index (χ2v) is 6.62. The van der Waals surface area contributed by atoms with Gasteiger partial charge in [0.05, 0.1) is 17.4 Å². The zero-order valence-corrected chi connectivity index (χ0v) is 12.9. The molecule has 6 rings (SSSR count). The third-order valence-corrected chi connectivity index (χ3v) is 5.33. The number of nitrogens with zero attached hydrogens (tertiary/aromatic N) is 3. The Hall–Kier alpha value is -2.20. The summed E-state index contributed by atoms with van der Waals surface area (Å²) in [4.78, 5) is 6.79. The molecule has 0 saturated carbocycles. The van der Waals surface area contributed by atoms with Crippen molar-refractivity contribution in [2.24, 2.45) is 0 Å². The Bertz CT molecular complexity index is 877. The summed E-state index contributed by atoms with van der Waals surface area (Å²) in [7, 11) is 0. The Labute approximate surface area is 134 Å². The Morgan fingerprint density at radius 2 is 2.00 bits per heavy atom. The first-order valence-corrected chi connectivity index (χ1v) is 8.27. The molecule has 0 spiro atoms. The Morgan fingerprint density at radius 3 is 2.78 bits per heavy atom. The summed E-state index contributed by atoms with van der Waals surface area (Å²) in [6, 6.07) is 9.23. The first-order valence-electron chi connectivity index (χ1n) is 8.27. The Morgan fingerprint density at radius 1 is 1.13 bits per heavy atom. The van der Waals surface area contributed by atoms with Gasteiger partial charge in [0.25, 0.3) is 0 Å². The van der Waals surface area contributed by atoms with Crippen molar-refractivity contribution < 1.29 is 4.39 Å². The fraction of sp³-hybridized carbons (Fsp3) is 0.316. The van der Waals surface area contributed by atoms with Crippen LogP contribution in [0.3, 0.4) is 0 Å². The van der Waals surface area contributed by atoms with Crippen LogP contribution in [0.4, 0.5) is 4.39 Å². The molecule has 2 aromatic heterocycles. The molecule has 3 aromatic rings. The minimum absolute atomic E-state index is 0.157. The van der Waals surface area contributed by atoms with E-state index in [2.05, 4.69) is 20.5 Å². The van der Waals surface area contributed by atoms with E-state index in [1.54, 1.807) is 18.3 Å². The van der Waals surface area contributed by atoms with E-state index < -0.39 is 0 Å². The quantitative estimate of drug-likeness (QED) is 0.681. The number of aromatic nitrogens is 2. The van der Waals surface area contributed by atoms with Gasteiger partial charge in [-0.1, -0.05) is 0 Å². The average Bonchev–Trinajstić information content (AvgIpc) is 2.72. The molecule has 1 saturated heterocycles. The maximum Gasteiger partial charge on any atom is 0.123 e. The molecule has 23 heavy (non-hydrogen) atoms. The van der Waals surface area contributed by atoms with Crippen LogP contribution in [0.1, 0.15) is 30.0 Å². The third kappa shape index (κ3) is 1.94. The maximum atomic E-state index is 13.9. The number of hydrogen-bond donors (Lipinski definition) is 0. The van der Waals surface area contributed by atoms with Gasteiger partial charge in [-0.05, 0) is 61.8 Å². The van der Waals surface area contributed by atoms with Gasteiger partial charge in [0.15, 0.2) is 0 Å². The molecular weight excluding hydrogens is 289 g/mol. The van der Waals surface area contributed by atoms with Gasteiger partial charge in [-0.2, -0.15) is 0 Å². The van der Waals surface area contributed by atoms with E-state index in [1.165, 1.54) is 24.1 Å². The van der Waals surface area contributed by atoms with E-state index in [4.69, 9.17) is 0 Å². The highest BCUT2D eigenvalue weighted by molar-refractivity contribution is 5.88. The number of hydrogen-bond acceptors (Lipinski definition) is 2. The van der Waals surface area contributed by atoms with Gasteiger partial charge < -0.3 is 4.57 Å². The van der Waals surface area contributed by atoms with Gasteiger partial charge in [0.1, 0.15) is 5.82 Å². The molecule has 3 nitrogen and oxygen atoms in total. The molecule has 1 aromatic carbocycles. The van der Waals surface area contributed by atoms with Crippen LogP contribution in [0, 0.1) is 5.82 Å². The third-order valence-electron chi connectivity index (χ3n) is 5.33. The minimum atomic E-state index is -0.157. The largest absolute Gasteiger partial charge is 0.311 e. The second kappa shape index (κ2) is 4.90. The van der Waals surface area contributed by atoms with Crippen LogP contribution in [0.2, 0.25) is 0 Å². The lowest BCUT2D eigenvalue weighted by Crippen LogP contribution is -2.29. The standard InChI is InChI=1S/C19H18FN3/c20-14-3-4-18-16(10-14)17-12-22-8-5-13(6-9-22)19(17)23(18)15-2-1-7-21-11-15/h1-4,7,10-11,13H,5-6,8-9,12H2. The maximum absolute atomic E-state index is 13.9. The first-order chi connectivity index (χ1) is 11.3. The predicted molar refractivity (Wildman–Crippen MR) is 88.3 cm³/mol. The highest BCUT2D eigenvalue weighted by Crippen LogP contribution is 2.42. The van der Waals surface area contributed by atoms with E-state index in [-0.39, 0.29) is 5.82 Å². The Kier molecular flexibility index (Phi) is 2.82. The topological polar surface area (TPSA) is 21.1 Å². The van der Waals surface area contributed by atoms with E-state index in [0.717, 1.165) is 36.2 Å². The van der Waals surface area contributed by atoms with Crippen molar-refractivity contribution in [3.63, 3.8) is 0 Å². The molecule has 0 atom stereocenters. The molecule has 4 heteroatoms. The average molecular weight is 307 g/mol. The number of fused-ring (bicyclic) bond motifs is 3. The summed E-state index contributed by atoms with van der Waals surface area (Å²) in [6.45, 7) is 3.21. The van der Waals surface area contributed by atoms with Crippen molar-refractivity contribution >= 4 is 10.9 Å². The lowest BCUT2D eigenvalue weighted by atomic mass is 9.94. The van der Waals surface area contributed by atoms with Crippen molar-refractivity contribution in [1.29, 1.82) is 0 Å². The first kappa shape index (κ1) is 13.3. The van der Waals surface area contributed by atoms with Gasteiger partial charge in [-0.3, -0.25) is 9.88 Å². The van der Waals surface area contributed by atoms with Crippen molar-refractivity contribution in [3.8, 4) is 5.69 Å². The van der Waals surface area contributed by atoms with Gasteiger partial charge in [0, 0.05) is 29.7 Å². The van der Waals surface area contributed by atoms with Gasteiger partial charge in [-0.15, -0.1) is 0 Å². The number of benzene rings is 1. The summed E-state index contributed by atoms with van der Waals surface area (Å²) < 4.78 is 16.2. The predicted octanol–water partition coefficient (Wildman–Crippen LogP) is 3.86. The van der Waals surface area contributed by atoms with Crippen molar-refractivity contribution in [3.05, 3.63) is 59.8 Å². The van der Waals surface area contributed by atoms with Crippen molar-refractivity contribution in [2.45, 2.75) is 25.3 Å². The molecule has 3 aliphatic heterocycles. The molecule has 0 N–H and O–H groups in total. The molecule has 116 valence electrons. The van der Waals surface area contributed by atoms with Crippen LogP contribution in [-0.4, -0.2) is 27.5 Å². The molecule has 0 amide bonds. The lowest BCUT2D eigenvalue weighted by Gasteiger charge is -2.27. The summed E-state index contributed by atoms with van der Waals surface area (Å²) in [5, 5.41) is 1.06. The normalized spacial score (nSPS) is 23.0.